The minimum absolute atomic E-state index is 0.157. The summed E-state index contributed by atoms with van der Waals surface area (Å²) in [5, 5.41) is 9.88. The molecule has 0 fully saturated rings. The van der Waals surface area contributed by atoms with Gasteiger partial charge in [-0.15, -0.1) is 0 Å². The fourth-order valence-electron chi connectivity index (χ4n) is 3.14. The molecule has 0 spiro atoms. The Bertz CT molecular complexity index is 1050. The summed E-state index contributed by atoms with van der Waals surface area (Å²) in [6.07, 6.45) is -3.47. The number of carbonyl (C=O) groups excluding carboxylic acids is 1. The van der Waals surface area contributed by atoms with E-state index in [1.807, 2.05) is 0 Å². The number of ether oxygens (including phenoxy) is 1. The molecule has 140 valence electrons. The first-order chi connectivity index (χ1) is 12.8. The summed E-state index contributed by atoms with van der Waals surface area (Å²) in [5.41, 5.74) is 1.51. The molecule has 7 nitrogen and oxygen atoms in total. The third kappa shape index (κ3) is 2.71. The Balaban J connectivity index is 1.83. The van der Waals surface area contributed by atoms with E-state index in [0.29, 0.717) is 17.0 Å². The number of aryl methyl sites for hydroxylation is 1. The molecule has 4 rings (SSSR count). The number of benzene rings is 1. The van der Waals surface area contributed by atoms with Crippen molar-refractivity contribution in [2.45, 2.75) is 25.7 Å². The Morgan fingerprint density at radius 1 is 1.30 bits per heavy atom. The van der Waals surface area contributed by atoms with E-state index in [-0.39, 0.29) is 23.5 Å². The molecule has 2 aromatic heterocycles. The van der Waals surface area contributed by atoms with Gasteiger partial charge in [0.25, 0.3) is 0 Å². The molecule has 0 saturated heterocycles. The van der Waals surface area contributed by atoms with E-state index in [1.165, 1.54) is 19.1 Å². The molecule has 1 N–H and O–H groups in total. The molecule has 27 heavy (non-hydrogen) atoms. The first-order valence-corrected chi connectivity index (χ1v) is 8.25. The van der Waals surface area contributed by atoms with Crippen molar-refractivity contribution >= 4 is 22.8 Å². The van der Waals surface area contributed by atoms with Gasteiger partial charge in [0, 0.05) is 18.8 Å². The number of fused-ring (bicyclic) bond motifs is 2. The summed E-state index contributed by atoms with van der Waals surface area (Å²) in [4.78, 5) is 21.9. The molecule has 1 aromatic carbocycles. The standard InChI is InChI=1S/C18H16F2N4O3/c1-10(25)11-5-3-7-13-15(11)27-18(19,20)17(26)24(13)9-14-22-12-6-4-8-21-16(12)23(14)2/h3-8,10,25H,9H2,1-2H3/t10-/m0/s1. The van der Waals surface area contributed by atoms with Crippen LogP contribution >= 0.6 is 0 Å². The highest BCUT2D eigenvalue weighted by atomic mass is 19.3. The maximum Gasteiger partial charge on any atom is 0.483 e. The highest BCUT2D eigenvalue weighted by Gasteiger charge is 2.51. The third-order valence-corrected chi connectivity index (χ3v) is 4.51. The van der Waals surface area contributed by atoms with E-state index >= 15 is 0 Å². The van der Waals surface area contributed by atoms with Crippen LogP contribution in [0.4, 0.5) is 14.5 Å². The lowest BCUT2D eigenvalue weighted by Gasteiger charge is -2.34. The zero-order valence-corrected chi connectivity index (χ0v) is 14.6. The van der Waals surface area contributed by atoms with Crippen molar-refractivity contribution in [3.05, 3.63) is 47.9 Å². The van der Waals surface area contributed by atoms with Crippen molar-refractivity contribution in [2.24, 2.45) is 7.05 Å². The number of alkyl halides is 2. The largest absolute Gasteiger partial charge is 0.483 e. The highest BCUT2D eigenvalue weighted by Crippen LogP contribution is 2.44. The molecule has 0 unspecified atom stereocenters. The second-order valence-electron chi connectivity index (χ2n) is 6.31. The summed E-state index contributed by atoms with van der Waals surface area (Å²) in [7, 11) is 1.70. The number of pyridine rings is 1. The number of para-hydroxylation sites is 1. The van der Waals surface area contributed by atoms with Crippen LogP contribution in [0.15, 0.2) is 36.5 Å². The molecule has 1 amide bonds. The molecule has 1 aliphatic rings. The van der Waals surface area contributed by atoms with Crippen molar-refractivity contribution in [1.82, 2.24) is 14.5 Å². The maximum absolute atomic E-state index is 14.2. The van der Waals surface area contributed by atoms with Crippen LogP contribution in [0.25, 0.3) is 11.2 Å². The number of aromatic nitrogens is 3. The van der Waals surface area contributed by atoms with E-state index < -0.39 is 18.1 Å². The van der Waals surface area contributed by atoms with Crippen LogP contribution < -0.4 is 9.64 Å². The van der Waals surface area contributed by atoms with Crippen LogP contribution in [0.3, 0.4) is 0 Å². The summed E-state index contributed by atoms with van der Waals surface area (Å²) in [6, 6.07) is 8.02. The third-order valence-electron chi connectivity index (χ3n) is 4.51. The van der Waals surface area contributed by atoms with Gasteiger partial charge in [0.15, 0.2) is 11.4 Å². The van der Waals surface area contributed by atoms with Gasteiger partial charge in [0.05, 0.1) is 18.3 Å². The molecule has 1 aliphatic heterocycles. The van der Waals surface area contributed by atoms with E-state index in [9.17, 15) is 18.7 Å². The van der Waals surface area contributed by atoms with Crippen molar-refractivity contribution < 1.29 is 23.4 Å². The number of rotatable bonds is 3. The lowest BCUT2D eigenvalue weighted by atomic mass is 10.1. The molecule has 1 atom stereocenters. The van der Waals surface area contributed by atoms with Crippen molar-refractivity contribution in [2.75, 3.05) is 4.90 Å². The fraction of sp³-hybridized carbons (Fsp3) is 0.278. The summed E-state index contributed by atoms with van der Waals surface area (Å²) in [6.45, 7) is 1.25. The first-order valence-electron chi connectivity index (χ1n) is 8.25. The van der Waals surface area contributed by atoms with Crippen LogP contribution in [0.1, 0.15) is 24.4 Å². The van der Waals surface area contributed by atoms with Crippen molar-refractivity contribution in [3.63, 3.8) is 0 Å². The number of imidazole rings is 1. The highest BCUT2D eigenvalue weighted by molar-refractivity contribution is 6.01. The molecule has 0 radical (unpaired) electrons. The van der Waals surface area contributed by atoms with Crippen LogP contribution in [0.5, 0.6) is 5.75 Å². The number of carbonyl (C=O) groups is 1. The average Bonchev–Trinajstić information content (AvgIpc) is 2.94. The Morgan fingerprint density at radius 3 is 2.78 bits per heavy atom. The van der Waals surface area contributed by atoms with Gasteiger partial charge in [0.1, 0.15) is 11.3 Å². The van der Waals surface area contributed by atoms with Gasteiger partial charge in [-0.2, -0.15) is 8.78 Å². The molecular weight excluding hydrogens is 358 g/mol. The van der Waals surface area contributed by atoms with Crippen LogP contribution in [0.2, 0.25) is 0 Å². The fourth-order valence-corrected chi connectivity index (χ4v) is 3.14. The van der Waals surface area contributed by atoms with Crippen LogP contribution in [-0.4, -0.2) is 31.7 Å². The SMILES string of the molecule is C[C@H](O)c1cccc2c1OC(F)(F)C(=O)N2Cc1nc2cccnc2n1C. The molecular formula is C18H16F2N4O3. The molecule has 0 bridgehead atoms. The first kappa shape index (κ1) is 17.3. The quantitative estimate of drug-likeness (QED) is 0.762. The lowest BCUT2D eigenvalue weighted by molar-refractivity contribution is -0.193. The van der Waals surface area contributed by atoms with Crippen LogP contribution in [-0.2, 0) is 18.4 Å². The topological polar surface area (TPSA) is 80.5 Å². The number of hydrogen-bond acceptors (Lipinski definition) is 5. The number of aliphatic hydroxyl groups is 1. The summed E-state index contributed by atoms with van der Waals surface area (Å²) < 4.78 is 34.8. The predicted octanol–water partition coefficient (Wildman–Crippen LogP) is 2.54. The van der Waals surface area contributed by atoms with Gasteiger partial charge >= 0.3 is 12.0 Å². The minimum Gasteiger partial charge on any atom is -0.423 e. The second kappa shape index (κ2) is 5.98. The van der Waals surface area contributed by atoms with E-state index in [0.717, 1.165) is 4.90 Å². The zero-order valence-electron chi connectivity index (χ0n) is 14.6. The minimum atomic E-state index is -4.04. The molecule has 3 heterocycles. The zero-order chi connectivity index (χ0) is 19.3. The normalized spacial score (nSPS) is 16.9. The van der Waals surface area contributed by atoms with Gasteiger partial charge in [-0.25, -0.2) is 9.97 Å². The Hall–Kier alpha value is -3.07. The van der Waals surface area contributed by atoms with Crippen molar-refractivity contribution in [1.29, 1.82) is 0 Å². The number of nitrogens with zero attached hydrogens (tertiary/aromatic N) is 4. The van der Waals surface area contributed by atoms with E-state index in [1.54, 1.807) is 36.0 Å². The van der Waals surface area contributed by atoms with Gasteiger partial charge in [-0.05, 0) is 25.1 Å². The molecule has 3 aromatic rings. The van der Waals surface area contributed by atoms with Gasteiger partial charge < -0.3 is 14.4 Å². The summed E-state index contributed by atoms with van der Waals surface area (Å²) >= 11 is 0. The second-order valence-corrected chi connectivity index (χ2v) is 6.31. The summed E-state index contributed by atoms with van der Waals surface area (Å²) in [5.74, 6) is -1.31. The van der Waals surface area contributed by atoms with E-state index in [2.05, 4.69) is 14.7 Å². The Kier molecular flexibility index (Phi) is 3.84. The smallest absolute Gasteiger partial charge is 0.423 e. The van der Waals surface area contributed by atoms with Gasteiger partial charge in [-0.1, -0.05) is 12.1 Å². The van der Waals surface area contributed by atoms with E-state index in [4.69, 9.17) is 0 Å². The monoisotopic (exact) mass is 374 g/mol. The molecule has 9 heteroatoms. The van der Waals surface area contributed by atoms with Gasteiger partial charge in [0.2, 0.25) is 0 Å². The van der Waals surface area contributed by atoms with Crippen molar-refractivity contribution in [3.8, 4) is 5.75 Å². The maximum atomic E-state index is 14.2. The predicted molar refractivity (Wildman–Crippen MR) is 92.3 cm³/mol. The molecule has 0 aliphatic carbocycles. The number of aliphatic hydroxyl groups excluding tert-OH is 1. The van der Waals surface area contributed by atoms with Gasteiger partial charge in [-0.3, -0.25) is 9.69 Å². The number of halogens is 2. The number of anilines is 1. The number of amides is 1. The Labute approximate surface area is 152 Å². The number of hydrogen-bond donors (Lipinski definition) is 1. The Morgan fingerprint density at radius 2 is 2.07 bits per heavy atom. The van der Waals surface area contributed by atoms with Crippen LogP contribution in [0, 0.1) is 0 Å². The lowest BCUT2D eigenvalue weighted by Crippen LogP contribution is -2.51. The molecule has 0 saturated carbocycles. The average molecular weight is 374 g/mol.